The van der Waals surface area contributed by atoms with Crippen LogP contribution in [0.3, 0.4) is 0 Å². The Bertz CT molecular complexity index is 750. The molecule has 1 rings (SSSR count). The first kappa shape index (κ1) is 26.8. The van der Waals surface area contributed by atoms with Gasteiger partial charge in [0.15, 0.2) is 0 Å². The third kappa shape index (κ3) is 9.62. The number of aliphatic carboxylic acids is 1. The zero-order valence-corrected chi connectivity index (χ0v) is 19.2. The van der Waals surface area contributed by atoms with Crippen LogP contribution in [0, 0.1) is 0 Å². The number of carbonyl (C=O) groups excluding carboxylic acids is 3. The Kier molecular flexibility index (Phi) is 12.1. The summed E-state index contributed by atoms with van der Waals surface area (Å²) in [6.45, 7) is 1.49. The Morgan fingerprint density at radius 2 is 1.65 bits per heavy atom. The molecule has 0 fully saturated rings. The molecule has 0 saturated carbocycles. The van der Waals surface area contributed by atoms with Crippen LogP contribution >= 0.6 is 24.4 Å². The normalized spacial score (nSPS) is 14.6. The number of benzene rings is 1. The van der Waals surface area contributed by atoms with Crippen molar-refractivity contribution in [2.24, 2.45) is 5.73 Å². The SMILES string of the molecule is CSCCC(NC(=O)C(C)NC(=O)C(N)Cc1ccccc1)C(=O)NC(CS)C(=O)O. The highest BCUT2D eigenvalue weighted by molar-refractivity contribution is 7.98. The van der Waals surface area contributed by atoms with Gasteiger partial charge in [-0.25, -0.2) is 4.79 Å². The molecule has 9 nitrogen and oxygen atoms in total. The van der Waals surface area contributed by atoms with E-state index in [0.29, 0.717) is 18.6 Å². The fourth-order valence-electron chi connectivity index (χ4n) is 2.61. The van der Waals surface area contributed by atoms with Crippen LogP contribution < -0.4 is 21.7 Å². The molecule has 4 unspecified atom stereocenters. The Balaban J connectivity index is 2.68. The molecule has 0 spiro atoms. The summed E-state index contributed by atoms with van der Waals surface area (Å²) in [5.74, 6) is -2.42. The zero-order chi connectivity index (χ0) is 23.4. The van der Waals surface area contributed by atoms with Gasteiger partial charge in [0.05, 0.1) is 6.04 Å². The number of thioether (sulfide) groups is 1. The van der Waals surface area contributed by atoms with Crippen molar-refractivity contribution in [3.63, 3.8) is 0 Å². The molecule has 0 heterocycles. The second-order valence-corrected chi connectivity index (χ2v) is 8.30. The van der Waals surface area contributed by atoms with E-state index < -0.39 is 47.9 Å². The molecular formula is C20H30N4O5S2. The third-order valence-electron chi connectivity index (χ3n) is 4.43. The number of hydrogen-bond acceptors (Lipinski definition) is 7. The minimum atomic E-state index is -1.22. The predicted octanol–water partition coefficient (Wildman–Crippen LogP) is -0.202. The summed E-state index contributed by atoms with van der Waals surface area (Å²) < 4.78 is 0. The summed E-state index contributed by atoms with van der Waals surface area (Å²) in [7, 11) is 0. The molecule has 0 aliphatic heterocycles. The van der Waals surface area contributed by atoms with Crippen LogP contribution in [0.25, 0.3) is 0 Å². The molecule has 1 aromatic carbocycles. The first-order valence-corrected chi connectivity index (χ1v) is 11.7. The molecule has 172 valence electrons. The number of hydrogen-bond donors (Lipinski definition) is 6. The Morgan fingerprint density at radius 1 is 1.03 bits per heavy atom. The van der Waals surface area contributed by atoms with Gasteiger partial charge in [0.1, 0.15) is 18.1 Å². The number of thiol groups is 1. The number of carboxylic acids is 1. The maximum absolute atomic E-state index is 12.5. The number of amides is 3. The third-order valence-corrected chi connectivity index (χ3v) is 5.44. The van der Waals surface area contributed by atoms with Crippen molar-refractivity contribution in [3.8, 4) is 0 Å². The summed E-state index contributed by atoms with van der Waals surface area (Å²) in [6, 6.07) is 5.38. The van der Waals surface area contributed by atoms with E-state index in [4.69, 9.17) is 10.8 Å². The van der Waals surface area contributed by atoms with Crippen molar-refractivity contribution in [1.82, 2.24) is 16.0 Å². The van der Waals surface area contributed by atoms with Crippen molar-refractivity contribution >= 4 is 48.1 Å². The smallest absolute Gasteiger partial charge is 0.327 e. The molecular weight excluding hydrogens is 440 g/mol. The summed E-state index contributed by atoms with van der Waals surface area (Å²) in [5.41, 5.74) is 6.83. The van der Waals surface area contributed by atoms with Gasteiger partial charge in [0.2, 0.25) is 17.7 Å². The van der Waals surface area contributed by atoms with Gasteiger partial charge in [-0.05, 0) is 37.3 Å². The van der Waals surface area contributed by atoms with E-state index in [-0.39, 0.29) is 5.75 Å². The largest absolute Gasteiger partial charge is 0.480 e. The highest BCUT2D eigenvalue weighted by atomic mass is 32.2. The lowest BCUT2D eigenvalue weighted by Gasteiger charge is -2.23. The molecule has 3 amide bonds. The van der Waals surface area contributed by atoms with Gasteiger partial charge in [-0.2, -0.15) is 24.4 Å². The van der Waals surface area contributed by atoms with Gasteiger partial charge >= 0.3 is 5.97 Å². The number of nitrogens with two attached hydrogens (primary N) is 1. The van der Waals surface area contributed by atoms with E-state index in [0.717, 1.165) is 5.56 Å². The maximum atomic E-state index is 12.5. The summed E-state index contributed by atoms with van der Waals surface area (Å²) in [6.07, 6.45) is 2.47. The lowest BCUT2D eigenvalue weighted by atomic mass is 10.1. The van der Waals surface area contributed by atoms with Crippen molar-refractivity contribution in [3.05, 3.63) is 35.9 Å². The van der Waals surface area contributed by atoms with Gasteiger partial charge in [0, 0.05) is 5.75 Å². The van der Waals surface area contributed by atoms with Crippen LogP contribution in [-0.4, -0.2) is 70.7 Å². The lowest BCUT2D eigenvalue weighted by Crippen LogP contribution is -2.56. The highest BCUT2D eigenvalue weighted by Gasteiger charge is 2.28. The lowest BCUT2D eigenvalue weighted by molar-refractivity contribution is -0.141. The van der Waals surface area contributed by atoms with Gasteiger partial charge < -0.3 is 26.8 Å². The highest BCUT2D eigenvalue weighted by Crippen LogP contribution is 2.04. The van der Waals surface area contributed by atoms with E-state index in [1.165, 1.54) is 18.7 Å². The van der Waals surface area contributed by atoms with E-state index in [1.807, 2.05) is 36.6 Å². The van der Waals surface area contributed by atoms with Crippen LogP contribution in [0.15, 0.2) is 30.3 Å². The molecule has 0 aliphatic rings. The van der Waals surface area contributed by atoms with Gasteiger partial charge in [0.25, 0.3) is 0 Å². The topological polar surface area (TPSA) is 151 Å². The Hall–Kier alpha value is -2.24. The van der Waals surface area contributed by atoms with Crippen LogP contribution in [0.1, 0.15) is 18.9 Å². The van der Waals surface area contributed by atoms with Crippen LogP contribution in [0.2, 0.25) is 0 Å². The number of carboxylic acid groups (broad SMARTS) is 1. The second-order valence-electron chi connectivity index (χ2n) is 6.95. The quantitative estimate of drug-likeness (QED) is 0.219. The second kappa shape index (κ2) is 13.9. The summed E-state index contributed by atoms with van der Waals surface area (Å²) in [5, 5.41) is 16.6. The molecule has 11 heteroatoms. The Labute approximate surface area is 191 Å². The van der Waals surface area contributed by atoms with Crippen LogP contribution in [0.4, 0.5) is 0 Å². The number of nitrogens with one attached hydrogen (secondary N) is 3. The molecule has 0 saturated heterocycles. The predicted molar refractivity (Wildman–Crippen MR) is 124 cm³/mol. The van der Waals surface area contributed by atoms with E-state index in [2.05, 4.69) is 28.6 Å². The summed E-state index contributed by atoms with van der Waals surface area (Å²) in [4.78, 5) is 48.5. The van der Waals surface area contributed by atoms with Crippen LogP contribution in [-0.2, 0) is 25.6 Å². The first-order valence-electron chi connectivity index (χ1n) is 9.72. The molecule has 0 radical (unpaired) electrons. The fourth-order valence-corrected chi connectivity index (χ4v) is 3.32. The number of rotatable bonds is 13. The van der Waals surface area contributed by atoms with Crippen molar-refractivity contribution in [2.75, 3.05) is 17.8 Å². The molecule has 0 aromatic heterocycles. The molecule has 6 N–H and O–H groups in total. The summed E-state index contributed by atoms with van der Waals surface area (Å²) >= 11 is 5.40. The molecule has 1 aromatic rings. The van der Waals surface area contributed by atoms with Gasteiger partial charge in [-0.3, -0.25) is 14.4 Å². The van der Waals surface area contributed by atoms with E-state index in [1.54, 1.807) is 0 Å². The maximum Gasteiger partial charge on any atom is 0.327 e. The molecule has 31 heavy (non-hydrogen) atoms. The number of carbonyl (C=O) groups is 4. The standard InChI is InChI=1S/C20H30N4O5S2/c1-12(22-18(26)14(21)10-13-6-4-3-5-7-13)17(25)23-15(8-9-31-2)19(27)24-16(11-30)20(28)29/h3-7,12,14-16,30H,8-11,21H2,1-2H3,(H,22,26)(H,23,25)(H,24,27)(H,28,29). The van der Waals surface area contributed by atoms with Crippen LogP contribution in [0.5, 0.6) is 0 Å². The zero-order valence-electron chi connectivity index (χ0n) is 17.5. The first-order chi connectivity index (χ1) is 14.7. The monoisotopic (exact) mass is 470 g/mol. The van der Waals surface area contributed by atoms with E-state index >= 15 is 0 Å². The Morgan fingerprint density at radius 3 is 2.19 bits per heavy atom. The van der Waals surface area contributed by atoms with Crippen molar-refractivity contribution < 1.29 is 24.3 Å². The van der Waals surface area contributed by atoms with Crippen molar-refractivity contribution in [2.45, 2.75) is 43.9 Å². The average molecular weight is 471 g/mol. The molecule has 0 bridgehead atoms. The average Bonchev–Trinajstić information content (AvgIpc) is 2.74. The van der Waals surface area contributed by atoms with Crippen molar-refractivity contribution in [1.29, 1.82) is 0 Å². The van der Waals surface area contributed by atoms with E-state index in [9.17, 15) is 19.2 Å². The minimum Gasteiger partial charge on any atom is -0.480 e. The fraction of sp³-hybridized carbons (Fsp3) is 0.500. The van der Waals surface area contributed by atoms with Gasteiger partial charge in [-0.1, -0.05) is 30.3 Å². The molecule has 4 atom stereocenters. The molecule has 0 aliphatic carbocycles. The van der Waals surface area contributed by atoms with Gasteiger partial charge in [-0.15, -0.1) is 0 Å². The minimum absolute atomic E-state index is 0.0873.